The SMILES string of the molecule is COC1O[C@@]2(C[C@H]2O)C2OC(C)(C)O[C@H]12. The average molecular weight is 216 g/mol. The van der Waals surface area contributed by atoms with Crippen LogP contribution in [0.25, 0.3) is 0 Å². The van der Waals surface area contributed by atoms with Crippen molar-refractivity contribution >= 4 is 0 Å². The van der Waals surface area contributed by atoms with Gasteiger partial charge in [0.05, 0.1) is 6.10 Å². The number of ether oxygens (including phenoxy) is 4. The van der Waals surface area contributed by atoms with Gasteiger partial charge in [-0.2, -0.15) is 0 Å². The third-order valence-corrected chi connectivity index (χ3v) is 3.36. The maximum atomic E-state index is 9.63. The summed E-state index contributed by atoms with van der Waals surface area (Å²) in [6.07, 6.45) is -0.737. The molecule has 3 aliphatic rings. The van der Waals surface area contributed by atoms with Crippen molar-refractivity contribution in [3.8, 4) is 0 Å². The zero-order valence-corrected chi connectivity index (χ0v) is 9.10. The first-order valence-corrected chi connectivity index (χ1v) is 5.23. The summed E-state index contributed by atoms with van der Waals surface area (Å²) in [6.45, 7) is 3.72. The van der Waals surface area contributed by atoms with Crippen LogP contribution in [0.4, 0.5) is 0 Å². The summed E-state index contributed by atoms with van der Waals surface area (Å²) in [5, 5.41) is 9.63. The Morgan fingerprint density at radius 1 is 1.27 bits per heavy atom. The van der Waals surface area contributed by atoms with E-state index >= 15 is 0 Å². The summed E-state index contributed by atoms with van der Waals surface area (Å²) in [5.41, 5.74) is -0.584. The van der Waals surface area contributed by atoms with Gasteiger partial charge in [-0.25, -0.2) is 0 Å². The van der Waals surface area contributed by atoms with E-state index in [4.69, 9.17) is 18.9 Å². The molecule has 5 heteroatoms. The lowest BCUT2D eigenvalue weighted by molar-refractivity contribution is -0.236. The molecule has 1 N–H and O–H groups in total. The van der Waals surface area contributed by atoms with Crippen LogP contribution in [-0.4, -0.2) is 48.2 Å². The highest BCUT2D eigenvalue weighted by atomic mass is 16.8. The summed E-state index contributed by atoms with van der Waals surface area (Å²) in [5.74, 6) is -0.620. The molecule has 86 valence electrons. The molecule has 0 amide bonds. The zero-order valence-electron chi connectivity index (χ0n) is 9.10. The second kappa shape index (κ2) is 2.73. The number of aliphatic hydroxyl groups excluding tert-OH is 1. The average Bonchev–Trinajstić information content (AvgIpc) is 2.53. The molecule has 1 aliphatic carbocycles. The van der Waals surface area contributed by atoms with Gasteiger partial charge in [0.1, 0.15) is 17.8 Å². The van der Waals surface area contributed by atoms with Gasteiger partial charge in [-0.05, 0) is 13.8 Å². The maximum absolute atomic E-state index is 9.63. The lowest BCUT2D eigenvalue weighted by Crippen LogP contribution is -2.34. The van der Waals surface area contributed by atoms with Crippen LogP contribution in [0.5, 0.6) is 0 Å². The summed E-state index contributed by atoms with van der Waals surface area (Å²) >= 11 is 0. The van der Waals surface area contributed by atoms with E-state index in [1.165, 1.54) is 0 Å². The van der Waals surface area contributed by atoms with Crippen LogP contribution in [0.3, 0.4) is 0 Å². The molecule has 3 rings (SSSR count). The Bertz CT molecular complexity index is 292. The molecule has 0 aromatic heterocycles. The van der Waals surface area contributed by atoms with Crippen molar-refractivity contribution in [3.63, 3.8) is 0 Å². The largest absolute Gasteiger partial charge is 0.390 e. The van der Waals surface area contributed by atoms with Crippen molar-refractivity contribution in [3.05, 3.63) is 0 Å². The highest BCUT2D eigenvalue weighted by molar-refractivity contribution is 5.19. The lowest BCUT2D eigenvalue weighted by atomic mass is 10.1. The molecule has 2 saturated heterocycles. The van der Waals surface area contributed by atoms with E-state index in [-0.39, 0.29) is 12.2 Å². The molecule has 5 nitrogen and oxygen atoms in total. The van der Waals surface area contributed by atoms with E-state index in [1.54, 1.807) is 7.11 Å². The van der Waals surface area contributed by atoms with Gasteiger partial charge >= 0.3 is 0 Å². The highest BCUT2D eigenvalue weighted by Gasteiger charge is 2.73. The predicted octanol–water partition coefficient (Wildman–Crippen LogP) is 0.0126. The smallest absolute Gasteiger partial charge is 0.187 e. The Labute approximate surface area is 88.3 Å². The molecule has 2 aliphatic heterocycles. The first kappa shape index (κ1) is 9.99. The molecule has 3 fully saturated rings. The molecule has 5 atom stereocenters. The number of aliphatic hydroxyl groups is 1. The quantitative estimate of drug-likeness (QED) is 0.669. The summed E-state index contributed by atoms with van der Waals surface area (Å²) < 4.78 is 22.3. The van der Waals surface area contributed by atoms with Crippen LogP contribution in [-0.2, 0) is 18.9 Å². The second-order valence-corrected chi connectivity index (χ2v) is 4.92. The van der Waals surface area contributed by atoms with E-state index in [1.807, 2.05) is 13.8 Å². The fourth-order valence-electron chi connectivity index (χ4n) is 2.57. The molecular formula is C10H16O5. The predicted molar refractivity (Wildman–Crippen MR) is 49.1 cm³/mol. The third kappa shape index (κ3) is 1.21. The first-order chi connectivity index (χ1) is 6.98. The van der Waals surface area contributed by atoms with E-state index < -0.39 is 23.8 Å². The molecule has 1 spiro atoms. The monoisotopic (exact) mass is 216 g/mol. The van der Waals surface area contributed by atoms with Gasteiger partial charge in [0.15, 0.2) is 12.1 Å². The number of hydrogen-bond donors (Lipinski definition) is 1. The summed E-state index contributed by atoms with van der Waals surface area (Å²) in [6, 6.07) is 0. The molecule has 1 saturated carbocycles. The molecule has 0 aromatic rings. The third-order valence-electron chi connectivity index (χ3n) is 3.36. The van der Waals surface area contributed by atoms with Crippen LogP contribution < -0.4 is 0 Å². The van der Waals surface area contributed by atoms with E-state index in [0.717, 1.165) is 0 Å². The van der Waals surface area contributed by atoms with Gasteiger partial charge in [-0.1, -0.05) is 0 Å². The van der Waals surface area contributed by atoms with Crippen molar-refractivity contribution in [2.24, 2.45) is 0 Å². The van der Waals surface area contributed by atoms with Crippen LogP contribution in [0.1, 0.15) is 20.3 Å². The Morgan fingerprint density at radius 3 is 2.47 bits per heavy atom. The molecular weight excluding hydrogens is 200 g/mol. The van der Waals surface area contributed by atoms with Crippen LogP contribution in [0.15, 0.2) is 0 Å². The molecule has 15 heavy (non-hydrogen) atoms. The number of fused-ring (bicyclic) bond motifs is 2. The minimum absolute atomic E-state index is 0.215. The van der Waals surface area contributed by atoms with E-state index in [9.17, 15) is 5.11 Å². The summed E-state index contributed by atoms with van der Waals surface area (Å²) in [7, 11) is 1.57. The topological polar surface area (TPSA) is 57.2 Å². The molecule has 2 unspecified atom stereocenters. The summed E-state index contributed by atoms with van der Waals surface area (Å²) in [4.78, 5) is 0. The van der Waals surface area contributed by atoms with Crippen molar-refractivity contribution in [1.29, 1.82) is 0 Å². The Morgan fingerprint density at radius 2 is 1.93 bits per heavy atom. The van der Waals surface area contributed by atoms with Crippen LogP contribution in [0, 0.1) is 0 Å². The van der Waals surface area contributed by atoms with Gasteiger partial charge in [0, 0.05) is 13.5 Å². The van der Waals surface area contributed by atoms with Crippen LogP contribution in [0.2, 0.25) is 0 Å². The van der Waals surface area contributed by atoms with Crippen LogP contribution >= 0.6 is 0 Å². The minimum atomic E-state index is -0.620. The van der Waals surface area contributed by atoms with Gasteiger partial charge in [0.2, 0.25) is 0 Å². The molecule has 2 heterocycles. The fraction of sp³-hybridized carbons (Fsp3) is 1.00. The minimum Gasteiger partial charge on any atom is -0.390 e. The van der Waals surface area contributed by atoms with Crippen molar-refractivity contribution in [1.82, 2.24) is 0 Å². The molecule has 0 radical (unpaired) electrons. The van der Waals surface area contributed by atoms with Crippen molar-refractivity contribution in [2.75, 3.05) is 7.11 Å². The standard InChI is InChI=1S/C10H16O5/c1-9(2)13-6-7(14-9)10(4-5(10)11)15-8(6)12-3/h5-8,11H,4H2,1-3H3/t5-,6+,7?,8?,10-/m1/s1. The Balaban J connectivity index is 1.88. The lowest BCUT2D eigenvalue weighted by Gasteiger charge is -2.23. The second-order valence-electron chi connectivity index (χ2n) is 4.92. The van der Waals surface area contributed by atoms with Crippen molar-refractivity contribution in [2.45, 2.75) is 56.3 Å². The maximum Gasteiger partial charge on any atom is 0.187 e. The zero-order chi connectivity index (χ0) is 10.8. The Kier molecular flexibility index (Phi) is 1.81. The normalized spacial score (nSPS) is 56.0. The molecule has 0 aromatic carbocycles. The van der Waals surface area contributed by atoms with Crippen molar-refractivity contribution < 1.29 is 24.1 Å². The first-order valence-electron chi connectivity index (χ1n) is 5.23. The molecule has 0 bridgehead atoms. The highest BCUT2D eigenvalue weighted by Crippen LogP contribution is 2.56. The van der Waals surface area contributed by atoms with Gasteiger partial charge in [-0.3, -0.25) is 0 Å². The number of rotatable bonds is 1. The Hall–Kier alpha value is -0.200. The number of hydrogen-bond acceptors (Lipinski definition) is 5. The van der Waals surface area contributed by atoms with E-state index in [2.05, 4.69) is 0 Å². The number of methoxy groups -OCH3 is 1. The van der Waals surface area contributed by atoms with Gasteiger partial charge in [0.25, 0.3) is 0 Å². The van der Waals surface area contributed by atoms with E-state index in [0.29, 0.717) is 6.42 Å². The van der Waals surface area contributed by atoms with Gasteiger partial charge in [-0.15, -0.1) is 0 Å². The van der Waals surface area contributed by atoms with Gasteiger partial charge < -0.3 is 24.1 Å². The fourth-order valence-corrected chi connectivity index (χ4v) is 2.57.